The lowest BCUT2D eigenvalue weighted by Crippen LogP contribution is -2.44. The van der Waals surface area contributed by atoms with Gasteiger partial charge in [-0.1, -0.05) is 12.1 Å². The van der Waals surface area contributed by atoms with Gasteiger partial charge in [-0.15, -0.1) is 0 Å². The van der Waals surface area contributed by atoms with Gasteiger partial charge in [0.15, 0.2) is 0 Å². The molecule has 0 aliphatic carbocycles. The first-order chi connectivity index (χ1) is 21.3. The molecule has 2 aliphatic heterocycles. The first-order valence-electron chi connectivity index (χ1n) is 14.4. The Kier molecular flexibility index (Phi) is 9.95. The van der Waals surface area contributed by atoms with Crippen LogP contribution in [-0.2, 0) is 39.2 Å². The van der Waals surface area contributed by atoms with Gasteiger partial charge in [-0.3, -0.25) is 4.90 Å². The van der Waals surface area contributed by atoms with Crippen LogP contribution in [0, 0.1) is 0 Å². The van der Waals surface area contributed by atoms with Gasteiger partial charge in [-0.2, -0.15) is 18.2 Å². The minimum Gasteiger partial charge on any atom is -0.370 e. The summed E-state index contributed by atoms with van der Waals surface area (Å²) in [5.74, 6) is 0.609. The maximum atomic E-state index is 14.0. The van der Waals surface area contributed by atoms with E-state index >= 15 is 0 Å². The summed E-state index contributed by atoms with van der Waals surface area (Å²) < 4.78 is 98.3. The van der Waals surface area contributed by atoms with Crippen LogP contribution >= 0.6 is 0 Å². The van der Waals surface area contributed by atoms with Gasteiger partial charge in [0, 0.05) is 69.8 Å². The molecule has 1 saturated heterocycles. The summed E-state index contributed by atoms with van der Waals surface area (Å²) in [7, 11) is -6.02. The summed E-state index contributed by atoms with van der Waals surface area (Å²) in [4.78, 5) is 12.4. The predicted octanol–water partition coefficient (Wildman–Crippen LogP) is 2.60. The molecular formula is C28H35F3N8O4S2. The zero-order valence-corrected chi connectivity index (χ0v) is 26.2. The van der Waals surface area contributed by atoms with E-state index in [4.69, 9.17) is 0 Å². The van der Waals surface area contributed by atoms with Gasteiger partial charge in [0.05, 0.1) is 15.4 Å². The van der Waals surface area contributed by atoms with Crippen molar-refractivity contribution in [2.24, 2.45) is 0 Å². The largest absolute Gasteiger partial charge is 0.416 e. The Bertz CT molecular complexity index is 1730. The van der Waals surface area contributed by atoms with Gasteiger partial charge in [-0.05, 0) is 55.8 Å². The third kappa shape index (κ3) is 8.47. The molecule has 0 unspecified atom stereocenters. The van der Waals surface area contributed by atoms with Crippen LogP contribution in [0.25, 0.3) is 0 Å². The number of fused-ring (bicyclic) bond motifs is 4. The number of hydrogen-bond acceptors (Lipinski definition) is 10. The molecule has 0 atom stereocenters. The number of alkyl halides is 3. The van der Waals surface area contributed by atoms with Crippen molar-refractivity contribution >= 4 is 37.5 Å². The number of likely N-dealkylation sites (N-methyl/N-ethyl adjacent to an activating group) is 1. The molecule has 3 heterocycles. The second kappa shape index (κ2) is 13.6. The molecule has 244 valence electrons. The number of hydrogen-bond donors (Lipinski definition) is 4. The molecule has 4 bridgehead atoms. The predicted molar refractivity (Wildman–Crippen MR) is 163 cm³/mol. The first-order valence-corrected chi connectivity index (χ1v) is 17.3. The fourth-order valence-corrected chi connectivity index (χ4v) is 7.21. The summed E-state index contributed by atoms with van der Waals surface area (Å²) in [6.07, 6.45) is -2.64. The molecule has 17 heteroatoms. The molecule has 2 aromatic carbocycles. The molecular weight excluding hydrogens is 633 g/mol. The second-order valence-electron chi connectivity index (χ2n) is 10.9. The lowest BCUT2D eigenvalue weighted by molar-refractivity contribution is -0.138. The summed E-state index contributed by atoms with van der Waals surface area (Å²) in [6, 6.07) is 9.34. The third-order valence-electron chi connectivity index (χ3n) is 7.58. The minimum atomic E-state index is -4.72. The van der Waals surface area contributed by atoms with Gasteiger partial charge in [0.1, 0.15) is 5.82 Å². The molecule has 12 nitrogen and oxygen atoms in total. The Morgan fingerprint density at radius 3 is 2.56 bits per heavy atom. The molecule has 4 N–H and O–H groups in total. The van der Waals surface area contributed by atoms with Crippen LogP contribution in [0.1, 0.15) is 23.1 Å². The van der Waals surface area contributed by atoms with E-state index in [-0.39, 0.29) is 42.5 Å². The molecule has 45 heavy (non-hydrogen) atoms. The van der Waals surface area contributed by atoms with Crippen molar-refractivity contribution in [1.82, 2.24) is 29.2 Å². The number of nitrogens with one attached hydrogen (secondary N) is 4. The van der Waals surface area contributed by atoms with Crippen LogP contribution in [0.4, 0.5) is 30.6 Å². The average Bonchev–Trinajstić information content (AvgIpc) is 2.99. The monoisotopic (exact) mass is 668 g/mol. The second-order valence-corrected chi connectivity index (χ2v) is 14.5. The van der Waals surface area contributed by atoms with Crippen LogP contribution in [0.3, 0.4) is 0 Å². The summed E-state index contributed by atoms with van der Waals surface area (Å²) in [5.41, 5.74) is 0.0776. The average molecular weight is 669 g/mol. The van der Waals surface area contributed by atoms with Crippen molar-refractivity contribution in [2.75, 3.05) is 63.5 Å². The quantitative estimate of drug-likeness (QED) is 0.296. The zero-order valence-electron chi connectivity index (χ0n) is 24.6. The number of nitrogens with zero attached hydrogens (tertiary/aromatic N) is 4. The topological polar surface area (TPSA) is 149 Å². The highest BCUT2D eigenvalue weighted by Crippen LogP contribution is 2.34. The first kappa shape index (κ1) is 33.0. The standard InChI is InChI=1S/C28H35F3N8O4S2/c1-38-12-14-39(15-13-38)19-21-6-7-24(17-25(21)28(29,30)31)45(42,43)35-11-8-20-18-33-27-36-22-4-2-5-23(16-22)44(40,41)34-10-3-9-32-26(20)37-27/h2,4-7,16-18,34-35H,3,8-15,19H2,1H3,(H2,32,33,36,37). The van der Waals surface area contributed by atoms with E-state index in [0.717, 1.165) is 13.1 Å². The highest BCUT2D eigenvalue weighted by atomic mass is 32.2. The highest BCUT2D eigenvalue weighted by Gasteiger charge is 2.35. The van der Waals surface area contributed by atoms with E-state index in [1.807, 2.05) is 11.9 Å². The Morgan fingerprint density at radius 2 is 1.80 bits per heavy atom. The van der Waals surface area contributed by atoms with Gasteiger partial charge >= 0.3 is 6.18 Å². The SMILES string of the molecule is CN1CCN(Cc2ccc(S(=O)(=O)NCCc3cnc4nc3NCCCNS(=O)(=O)c3cccc(c3)N4)cc2C(F)(F)F)CC1. The molecule has 0 amide bonds. The molecule has 3 aromatic rings. The number of anilines is 3. The van der Waals surface area contributed by atoms with Crippen LogP contribution in [0.2, 0.25) is 0 Å². The lowest BCUT2D eigenvalue weighted by atomic mass is 10.1. The van der Waals surface area contributed by atoms with Crippen LogP contribution < -0.4 is 20.1 Å². The molecule has 2 aliphatic rings. The zero-order chi connectivity index (χ0) is 32.2. The molecule has 0 saturated carbocycles. The Balaban J connectivity index is 1.29. The van der Waals surface area contributed by atoms with Crippen molar-refractivity contribution < 1.29 is 30.0 Å². The van der Waals surface area contributed by atoms with Crippen LogP contribution in [0.5, 0.6) is 0 Å². The highest BCUT2D eigenvalue weighted by molar-refractivity contribution is 7.89. The van der Waals surface area contributed by atoms with Crippen molar-refractivity contribution in [3.8, 4) is 0 Å². The summed E-state index contributed by atoms with van der Waals surface area (Å²) in [6.45, 7) is 3.22. The fourth-order valence-electron chi connectivity index (χ4n) is 5.03. The van der Waals surface area contributed by atoms with E-state index in [9.17, 15) is 30.0 Å². The lowest BCUT2D eigenvalue weighted by Gasteiger charge is -2.33. The number of piperazine rings is 1. The molecule has 1 aromatic heterocycles. The number of aromatic nitrogens is 2. The minimum absolute atomic E-state index is 0.0301. The molecule has 5 rings (SSSR count). The van der Waals surface area contributed by atoms with Crippen molar-refractivity contribution in [1.29, 1.82) is 0 Å². The van der Waals surface area contributed by atoms with E-state index in [1.165, 1.54) is 30.5 Å². The van der Waals surface area contributed by atoms with Crippen molar-refractivity contribution in [3.63, 3.8) is 0 Å². The number of halogens is 3. The van der Waals surface area contributed by atoms with Gasteiger partial charge in [0.2, 0.25) is 26.0 Å². The normalized spacial score (nSPS) is 18.1. The van der Waals surface area contributed by atoms with Gasteiger partial charge < -0.3 is 15.5 Å². The van der Waals surface area contributed by atoms with E-state index in [2.05, 4.69) is 34.9 Å². The molecule has 0 radical (unpaired) electrons. The van der Waals surface area contributed by atoms with Crippen molar-refractivity contribution in [3.05, 3.63) is 65.4 Å². The summed E-state index contributed by atoms with van der Waals surface area (Å²) in [5, 5.41) is 6.11. The Hall–Kier alpha value is -3.35. The van der Waals surface area contributed by atoms with Gasteiger partial charge in [0.25, 0.3) is 0 Å². The Morgan fingerprint density at radius 1 is 1.02 bits per heavy atom. The van der Waals surface area contributed by atoms with Crippen molar-refractivity contribution in [2.45, 2.75) is 35.4 Å². The van der Waals surface area contributed by atoms with Crippen LogP contribution in [0.15, 0.2) is 58.5 Å². The Labute approximate surface area is 260 Å². The van der Waals surface area contributed by atoms with E-state index in [0.29, 0.717) is 49.2 Å². The van der Waals surface area contributed by atoms with E-state index < -0.39 is 36.7 Å². The summed E-state index contributed by atoms with van der Waals surface area (Å²) >= 11 is 0. The fraction of sp³-hybridized carbons (Fsp3) is 0.429. The third-order valence-corrected chi connectivity index (χ3v) is 10.5. The number of rotatable bonds is 7. The molecule has 1 fully saturated rings. The maximum absolute atomic E-state index is 14.0. The maximum Gasteiger partial charge on any atom is 0.416 e. The number of sulfonamides is 2. The number of benzene rings is 2. The van der Waals surface area contributed by atoms with E-state index in [1.54, 1.807) is 12.1 Å². The van der Waals surface area contributed by atoms with Crippen LogP contribution in [-0.4, -0.2) is 89.5 Å². The van der Waals surface area contributed by atoms with Gasteiger partial charge in [-0.25, -0.2) is 31.3 Å². The smallest absolute Gasteiger partial charge is 0.370 e. The molecule has 0 spiro atoms.